The van der Waals surface area contributed by atoms with Crippen LogP contribution < -0.4 is 11.1 Å². The molecule has 0 saturated heterocycles. The van der Waals surface area contributed by atoms with E-state index in [1.165, 1.54) is 0 Å². The number of rotatable bonds is 11. The zero-order chi connectivity index (χ0) is 20.9. The molecule has 29 heavy (non-hydrogen) atoms. The second-order valence-electron chi connectivity index (χ2n) is 6.47. The number of carbonyl (C=O) groups excluding carboxylic acids is 3. The fourth-order valence-electron chi connectivity index (χ4n) is 2.61. The van der Waals surface area contributed by atoms with Crippen LogP contribution in [0.4, 0.5) is 4.79 Å². The van der Waals surface area contributed by atoms with Gasteiger partial charge in [0.25, 0.3) is 5.78 Å². The molecule has 2 rings (SSSR count). The van der Waals surface area contributed by atoms with Crippen LogP contribution in [0.25, 0.3) is 0 Å². The predicted octanol–water partition coefficient (Wildman–Crippen LogP) is 2.72. The Kier molecular flexibility index (Phi) is 9.38. The third kappa shape index (κ3) is 8.15. The Morgan fingerprint density at radius 3 is 1.93 bits per heavy atom. The number of nitrogens with two attached hydrogens (primary N) is 1. The van der Waals surface area contributed by atoms with Crippen LogP contribution in [-0.4, -0.2) is 30.4 Å². The summed E-state index contributed by atoms with van der Waals surface area (Å²) in [6.07, 6.45) is 0.758. The third-order valence-electron chi connectivity index (χ3n) is 4.18. The Balaban J connectivity index is 1.89. The van der Waals surface area contributed by atoms with Gasteiger partial charge in [-0.25, -0.2) is 9.59 Å². The van der Waals surface area contributed by atoms with Gasteiger partial charge < -0.3 is 20.5 Å². The first-order valence-corrected chi connectivity index (χ1v) is 9.52. The lowest BCUT2D eigenvalue weighted by atomic mass is 10.1. The number of unbranched alkanes of at least 4 members (excludes halogenated alkanes) is 1. The monoisotopic (exact) mass is 398 g/mol. The summed E-state index contributed by atoms with van der Waals surface area (Å²) in [5.74, 6) is -1.80. The summed E-state index contributed by atoms with van der Waals surface area (Å²) >= 11 is 0. The van der Waals surface area contributed by atoms with Crippen LogP contribution in [0.15, 0.2) is 60.7 Å². The van der Waals surface area contributed by atoms with Crippen molar-refractivity contribution in [2.24, 2.45) is 5.73 Å². The first-order chi connectivity index (χ1) is 14.1. The lowest BCUT2D eigenvalue weighted by Crippen LogP contribution is -2.44. The van der Waals surface area contributed by atoms with E-state index in [1.807, 2.05) is 48.5 Å². The summed E-state index contributed by atoms with van der Waals surface area (Å²) in [4.78, 5) is 36.8. The van der Waals surface area contributed by atoms with Crippen LogP contribution in [0.2, 0.25) is 0 Å². The molecule has 0 saturated carbocycles. The Labute approximate surface area is 170 Å². The molecule has 7 nitrogen and oxygen atoms in total. The number of Topliss-reactive ketones (excluding diaryl/α,β-unsaturated/α-hetero) is 1. The average molecular weight is 398 g/mol. The van der Waals surface area contributed by atoms with Crippen molar-refractivity contribution < 1.29 is 23.9 Å². The van der Waals surface area contributed by atoms with Crippen LogP contribution >= 0.6 is 0 Å². The maximum Gasteiger partial charge on any atom is 0.408 e. The quantitative estimate of drug-likeness (QED) is 0.342. The summed E-state index contributed by atoms with van der Waals surface area (Å²) in [7, 11) is 0. The highest BCUT2D eigenvalue weighted by atomic mass is 16.6. The van der Waals surface area contributed by atoms with E-state index in [9.17, 15) is 14.4 Å². The molecule has 0 aromatic heterocycles. The van der Waals surface area contributed by atoms with Crippen molar-refractivity contribution in [1.82, 2.24) is 5.32 Å². The molecule has 0 radical (unpaired) electrons. The molecule has 1 amide bonds. The zero-order valence-corrected chi connectivity index (χ0v) is 16.2. The minimum Gasteiger partial charge on any atom is -0.455 e. The average Bonchev–Trinajstić information content (AvgIpc) is 2.76. The van der Waals surface area contributed by atoms with Gasteiger partial charge in [-0.2, -0.15) is 0 Å². The van der Waals surface area contributed by atoms with Crippen molar-refractivity contribution in [1.29, 1.82) is 0 Å². The molecule has 0 unspecified atom stereocenters. The number of carbonyl (C=O) groups is 3. The summed E-state index contributed by atoms with van der Waals surface area (Å²) in [5.41, 5.74) is 7.07. The van der Waals surface area contributed by atoms with Crippen molar-refractivity contribution in [3.63, 3.8) is 0 Å². The normalized spacial score (nSPS) is 11.3. The van der Waals surface area contributed by atoms with Crippen LogP contribution in [0.1, 0.15) is 30.4 Å². The molecular formula is C22H26N2O5. The highest BCUT2D eigenvalue weighted by Crippen LogP contribution is 2.07. The first kappa shape index (κ1) is 22.1. The molecule has 0 aliphatic heterocycles. The smallest absolute Gasteiger partial charge is 0.408 e. The van der Waals surface area contributed by atoms with Crippen molar-refractivity contribution in [2.45, 2.75) is 38.5 Å². The minimum atomic E-state index is -1.02. The van der Waals surface area contributed by atoms with E-state index in [4.69, 9.17) is 15.2 Å². The number of ether oxygens (including phenoxy) is 2. The summed E-state index contributed by atoms with van der Waals surface area (Å²) in [6, 6.07) is 17.2. The maximum atomic E-state index is 12.5. The zero-order valence-electron chi connectivity index (χ0n) is 16.2. The molecule has 3 N–H and O–H groups in total. The van der Waals surface area contributed by atoms with Crippen LogP contribution in [0, 0.1) is 0 Å². The second-order valence-corrected chi connectivity index (χ2v) is 6.47. The fourth-order valence-corrected chi connectivity index (χ4v) is 2.61. The fraction of sp³-hybridized carbons (Fsp3) is 0.318. The van der Waals surface area contributed by atoms with Gasteiger partial charge in [-0.1, -0.05) is 60.7 Å². The van der Waals surface area contributed by atoms with Crippen molar-refractivity contribution in [2.75, 3.05) is 6.54 Å². The van der Waals surface area contributed by atoms with E-state index < -0.39 is 23.9 Å². The standard InChI is InChI=1S/C22H26N2O5/c23-14-8-7-13-19(24-22(27)29-16-18-11-5-2-6-12-18)20(25)21(26)28-15-17-9-3-1-4-10-17/h1-6,9-12,19H,7-8,13-16,23H2,(H,24,27)/t19-/m0/s1. The number of amides is 1. The summed E-state index contributed by atoms with van der Waals surface area (Å²) in [6.45, 7) is 0.506. The summed E-state index contributed by atoms with van der Waals surface area (Å²) in [5, 5.41) is 2.47. The largest absolute Gasteiger partial charge is 0.455 e. The van der Waals surface area contributed by atoms with Crippen molar-refractivity contribution in [3.05, 3.63) is 71.8 Å². The van der Waals surface area contributed by atoms with Crippen LogP contribution in [-0.2, 0) is 32.3 Å². The van der Waals surface area contributed by atoms with Gasteiger partial charge in [0.15, 0.2) is 0 Å². The Morgan fingerprint density at radius 1 is 0.828 bits per heavy atom. The predicted molar refractivity (Wildman–Crippen MR) is 108 cm³/mol. The van der Waals surface area contributed by atoms with Gasteiger partial charge in [-0.3, -0.25) is 4.79 Å². The number of hydrogen-bond donors (Lipinski definition) is 2. The molecule has 0 heterocycles. The molecule has 0 bridgehead atoms. The van der Waals surface area contributed by atoms with Crippen LogP contribution in [0.5, 0.6) is 0 Å². The van der Waals surface area contributed by atoms with Gasteiger partial charge in [-0.15, -0.1) is 0 Å². The number of ketones is 1. The molecular weight excluding hydrogens is 372 g/mol. The number of esters is 1. The van der Waals surface area contributed by atoms with Gasteiger partial charge in [0.1, 0.15) is 19.3 Å². The molecule has 2 aromatic carbocycles. The van der Waals surface area contributed by atoms with E-state index in [2.05, 4.69) is 5.32 Å². The van der Waals surface area contributed by atoms with E-state index in [1.54, 1.807) is 12.1 Å². The number of alkyl carbamates (subject to hydrolysis) is 1. The van der Waals surface area contributed by atoms with E-state index in [0.29, 0.717) is 19.4 Å². The highest BCUT2D eigenvalue weighted by molar-refractivity contribution is 6.36. The second kappa shape index (κ2) is 12.3. The molecule has 154 valence electrons. The van der Waals surface area contributed by atoms with Gasteiger partial charge in [0, 0.05) is 0 Å². The molecule has 7 heteroatoms. The molecule has 0 fully saturated rings. The van der Waals surface area contributed by atoms with E-state index >= 15 is 0 Å². The van der Waals surface area contributed by atoms with Crippen molar-refractivity contribution in [3.8, 4) is 0 Å². The van der Waals surface area contributed by atoms with Crippen molar-refractivity contribution >= 4 is 17.8 Å². The SMILES string of the molecule is NCCCC[C@H](NC(=O)OCc1ccccc1)C(=O)C(=O)OCc1ccccc1. The van der Waals surface area contributed by atoms with E-state index in [0.717, 1.165) is 11.1 Å². The van der Waals surface area contributed by atoms with Gasteiger partial charge in [0.05, 0.1) is 0 Å². The minimum absolute atomic E-state index is 0.0145. The Hall–Kier alpha value is -3.19. The molecule has 0 aliphatic rings. The number of hydrogen-bond acceptors (Lipinski definition) is 6. The van der Waals surface area contributed by atoms with Crippen LogP contribution in [0.3, 0.4) is 0 Å². The Bertz CT molecular complexity index is 780. The Morgan fingerprint density at radius 2 is 1.38 bits per heavy atom. The van der Waals surface area contributed by atoms with Gasteiger partial charge >= 0.3 is 12.1 Å². The van der Waals surface area contributed by atoms with Gasteiger partial charge in [0.2, 0.25) is 0 Å². The first-order valence-electron chi connectivity index (χ1n) is 9.52. The van der Waals surface area contributed by atoms with E-state index in [-0.39, 0.29) is 19.6 Å². The topological polar surface area (TPSA) is 108 Å². The highest BCUT2D eigenvalue weighted by Gasteiger charge is 2.28. The molecule has 2 aromatic rings. The third-order valence-corrected chi connectivity index (χ3v) is 4.18. The van der Waals surface area contributed by atoms with Gasteiger partial charge in [-0.05, 0) is 36.9 Å². The lowest BCUT2D eigenvalue weighted by molar-refractivity contribution is -0.155. The lowest BCUT2D eigenvalue weighted by Gasteiger charge is -2.17. The number of benzene rings is 2. The maximum absolute atomic E-state index is 12.5. The molecule has 0 spiro atoms. The number of nitrogens with one attached hydrogen (secondary N) is 1. The summed E-state index contributed by atoms with van der Waals surface area (Å²) < 4.78 is 10.2. The molecule has 0 aliphatic carbocycles. The molecule has 1 atom stereocenters.